The third-order valence-corrected chi connectivity index (χ3v) is 5.94. The van der Waals surface area contributed by atoms with Gasteiger partial charge in [-0.05, 0) is 23.1 Å². The normalized spacial score (nSPS) is 13.9. The highest BCUT2D eigenvalue weighted by Crippen LogP contribution is 2.43. The Morgan fingerprint density at radius 2 is 1.07 bits per heavy atom. The molecule has 0 fully saturated rings. The van der Waals surface area contributed by atoms with Gasteiger partial charge in [0.25, 0.3) is 0 Å². The van der Waals surface area contributed by atoms with Crippen LogP contribution >= 0.6 is 7.60 Å². The van der Waals surface area contributed by atoms with Crippen molar-refractivity contribution in [3.05, 3.63) is 108 Å². The fraction of sp³-hybridized carbons (Fsp3) is 0.217. The summed E-state index contributed by atoms with van der Waals surface area (Å²) in [5, 5.41) is 10.6. The largest absolute Gasteiger partial charge is 0.379 e. The lowest BCUT2D eigenvalue weighted by molar-refractivity contribution is 0.0685. The maximum atomic E-state index is 12.0. The molecule has 0 aliphatic rings. The maximum Gasteiger partial charge on any atom is 0.355 e. The first-order chi connectivity index (χ1) is 13.9. The Kier molecular flexibility index (Phi) is 7.37. The van der Waals surface area contributed by atoms with Crippen molar-refractivity contribution in [1.82, 2.24) is 4.90 Å². The summed E-state index contributed by atoms with van der Waals surface area (Å²) in [7, 11) is -4.70. The molecule has 0 saturated heterocycles. The van der Waals surface area contributed by atoms with Gasteiger partial charge < -0.3 is 14.9 Å². The zero-order valence-corrected chi connectivity index (χ0v) is 17.0. The lowest BCUT2D eigenvalue weighted by atomic mass is 10.0. The van der Waals surface area contributed by atoms with Crippen molar-refractivity contribution in [3.8, 4) is 0 Å². The van der Waals surface area contributed by atoms with E-state index < -0.39 is 19.5 Å². The number of hydrogen-bond donors (Lipinski definition) is 3. The molecule has 3 aromatic rings. The summed E-state index contributed by atoms with van der Waals surface area (Å²) in [6, 6.07) is 28.2. The predicted octanol–water partition coefficient (Wildman–Crippen LogP) is 3.80. The van der Waals surface area contributed by atoms with Crippen LogP contribution in [0.2, 0.25) is 0 Å². The number of rotatable bonds is 9. The molecule has 3 aromatic carbocycles. The fourth-order valence-corrected chi connectivity index (χ4v) is 4.17. The molecule has 0 aromatic heterocycles. The average Bonchev–Trinajstić information content (AvgIpc) is 2.73. The number of nitrogens with zero attached hydrogens (tertiary/aromatic N) is 1. The Morgan fingerprint density at radius 1 is 0.690 bits per heavy atom. The number of hydrogen-bond acceptors (Lipinski definition) is 3. The molecule has 2 atom stereocenters. The maximum absolute atomic E-state index is 12.0. The van der Waals surface area contributed by atoms with E-state index in [2.05, 4.69) is 0 Å². The second kappa shape index (κ2) is 9.97. The van der Waals surface area contributed by atoms with Gasteiger partial charge in [-0.1, -0.05) is 91.0 Å². The molecule has 0 saturated carbocycles. The van der Waals surface area contributed by atoms with Crippen LogP contribution in [-0.4, -0.2) is 31.7 Å². The second-order valence-corrected chi connectivity index (χ2v) is 8.84. The van der Waals surface area contributed by atoms with E-state index in [0.717, 1.165) is 16.7 Å². The molecule has 0 heterocycles. The highest BCUT2D eigenvalue weighted by Gasteiger charge is 2.38. The molecule has 3 rings (SSSR count). The van der Waals surface area contributed by atoms with Crippen LogP contribution < -0.4 is 0 Å². The van der Waals surface area contributed by atoms with Crippen molar-refractivity contribution in [2.24, 2.45) is 0 Å². The molecule has 0 bridgehead atoms. The summed E-state index contributed by atoms with van der Waals surface area (Å²) >= 11 is 0. The summed E-state index contributed by atoms with van der Waals surface area (Å²) in [5.41, 5.74) is 2.94. The van der Waals surface area contributed by atoms with Crippen molar-refractivity contribution in [3.63, 3.8) is 0 Å². The molecule has 6 heteroatoms. The van der Waals surface area contributed by atoms with Gasteiger partial charge in [-0.2, -0.15) is 0 Å². The summed E-state index contributed by atoms with van der Waals surface area (Å²) in [6.45, 7) is 0.925. The highest BCUT2D eigenvalue weighted by molar-refractivity contribution is 7.52. The smallest absolute Gasteiger partial charge is 0.355 e. The zero-order chi connectivity index (χ0) is 20.7. The molecule has 29 heavy (non-hydrogen) atoms. The van der Waals surface area contributed by atoms with Crippen LogP contribution in [0.15, 0.2) is 91.0 Å². The van der Waals surface area contributed by atoms with Crippen molar-refractivity contribution < 1.29 is 19.5 Å². The lowest BCUT2D eigenvalue weighted by Gasteiger charge is -2.35. The topological polar surface area (TPSA) is 81.0 Å². The van der Waals surface area contributed by atoms with E-state index >= 15 is 0 Å². The van der Waals surface area contributed by atoms with Gasteiger partial charge in [-0.25, -0.2) is 0 Å². The van der Waals surface area contributed by atoms with Crippen LogP contribution in [0.5, 0.6) is 0 Å². The van der Waals surface area contributed by atoms with E-state index in [4.69, 9.17) is 0 Å². The van der Waals surface area contributed by atoms with Crippen LogP contribution in [0.3, 0.4) is 0 Å². The standard InChI is InChI=1S/C23H26NO4P/c25-23(29(26,27)28)22(16-19-10-4-1-5-11-19)24(17-20-12-6-2-7-13-20)18-21-14-8-3-9-15-21/h1-15,22-23,25H,16-18H2,(H2,26,27,28)/t22-,23-/m0/s1. The number of benzene rings is 3. The molecule has 0 radical (unpaired) electrons. The van der Waals surface area contributed by atoms with Crippen molar-refractivity contribution in [2.75, 3.05) is 0 Å². The first-order valence-corrected chi connectivity index (χ1v) is 11.2. The van der Waals surface area contributed by atoms with Gasteiger partial charge in [-0.15, -0.1) is 0 Å². The van der Waals surface area contributed by atoms with E-state index in [1.54, 1.807) is 0 Å². The molecule has 0 aliphatic heterocycles. The van der Waals surface area contributed by atoms with Crippen LogP contribution in [0.1, 0.15) is 16.7 Å². The molecule has 0 unspecified atom stereocenters. The van der Waals surface area contributed by atoms with Crippen LogP contribution in [-0.2, 0) is 24.1 Å². The minimum atomic E-state index is -4.70. The Labute approximate surface area is 171 Å². The Balaban J connectivity index is 1.96. The Bertz CT molecular complexity index is 874. The van der Waals surface area contributed by atoms with Gasteiger partial charge in [0.05, 0.1) is 6.04 Å². The molecule has 0 aliphatic carbocycles. The highest BCUT2D eigenvalue weighted by atomic mass is 31.2. The first-order valence-electron chi connectivity index (χ1n) is 9.52. The van der Waals surface area contributed by atoms with Crippen LogP contribution in [0.4, 0.5) is 0 Å². The van der Waals surface area contributed by atoms with Crippen molar-refractivity contribution in [2.45, 2.75) is 31.4 Å². The lowest BCUT2D eigenvalue weighted by Crippen LogP contribution is -2.44. The van der Waals surface area contributed by atoms with Gasteiger partial charge in [-0.3, -0.25) is 9.46 Å². The number of aliphatic hydroxyl groups is 1. The monoisotopic (exact) mass is 411 g/mol. The zero-order valence-electron chi connectivity index (χ0n) is 16.1. The third kappa shape index (κ3) is 6.36. The molecule has 0 spiro atoms. The Hall–Kier alpha value is -2.27. The van der Waals surface area contributed by atoms with Gasteiger partial charge >= 0.3 is 7.60 Å². The van der Waals surface area contributed by atoms with Crippen molar-refractivity contribution in [1.29, 1.82) is 0 Å². The fourth-order valence-electron chi connectivity index (χ4n) is 3.43. The second-order valence-electron chi connectivity index (χ2n) is 7.14. The molecule has 5 nitrogen and oxygen atoms in total. The van der Waals surface area contributed by atoms with Crippen molar-refractivity contribution >= 4 is 7.60 Å². The van der Waals surface area contributed by atoms with Gasteiger partial charge in [0.1, 0.15) is 0 Å². The quantitative estimate of drug-likeness (QED) is 0.467. The molecule has 152 valence electrons. The summed E-state index contributed by atoms with van der Waals surface area (Å²) < 4.78 is 12.0. The van der Waals surface area contributed by atoms with E-state index in [1.165, 1.54) is 0 Å². The summed E-state index contributed by atoms with van der Waals surface area (Å²) in [4.78, 5) is 21.4. The summed E-state index contributed by atoms with van der Waals surface area (Å²) in [5.74, 6) is -1.78. The predicted molar refractivity (Wildman–Crippen MR) is 114 cm³/mol. The van der Waals surface area contributed by atoms with Gasteiger partial charge in [0.2, 0.25) is 0 Å². The van der Waals surface area contributed by atoms with E-state index in [0.29, 0.717) is 19.5 Å². The average molecular weight is 411 g/mol. The van der Waals surface area contributed by atoms with E-state index in [-0.39, 0.29) is 0 Å². The van der Waals surface area contributed by atoms with Crippen LogP contribution in [0.25, 0.3) is 0 Å². The third-order valence-electron chi connectivity index (χ3n) is 4.90. The molecular formula is C23H26NO4P. The summed E-state index contributed by atoms with van der Waals surface area (Å²) in [6.07, 6.45) is 0.326. The Morgan fingerprint density at radius 3 is 1.45 bits per heavy atom. The van der Waals surface area contributed by atoms with E-state index in [9.17, 15) is 19.5 Å². The molecule has 0 amide bonds. The SMILES string of the molecule is O=P(O)(O)[C@H](O)[C@H](Cc1ccccc1)N(Cc1ccccc1)Cc1ccccc1. The molecule has 3 N–H and O–H groups in total. The number of aliphatic hydroxyl groups excluding tert-OH is 1. The van der Waals surface area contributed by atoms with E-state index in [1.807, 2.05) is 95.9 Å². The minimum Gasteiger partial charge on any atom is -0.379 e. The van der Waals surface area contributed by atoms with Gasteiger partial charge in [0.15, 0.2) is 5.85 Å². The first kappa shape index (κ1) is 21.4. The molecular weight excluding hydrogens is 385 g/mol. The minimum absolute atomic E-state index is 0.326. The van der Waals surface area contributed by atoms with Gasteiger partial charge in [0, 0.05) is 13.1 Å². The van der Waals surface area contributed by atoms with Crippen LogP contribution in [0, 0.1) is 0 Å².